The zero-order chi connectivity index (χ0) is 22.9. The van der Waals surface area contributed by atoms with Gasteiger partial charge in [0.2, 0.25) is 5.82 Å². The van der Waals surface area contributed by atoms with Crippen LogP contribution in [0.15, 0.2) is 77.3 Å². The Morgan fingerprint density at radius 3 is 2.18 bits per heavy atom. The molecule has 0 N–H and O–H groups in total. The van der Waals surface area contributed by atoms with Crippen molar-refractivity contribution in [1.82, 2.24) is 10.1 Å². The molecular formula is C24H14ClN3O5. The molecule has 8 nitrogen and oxygen atoms in total. The number of carbonyl (C=O) groups excluding carboxylic acids is 3. The van der Waals surface area contributed by atoms with Crippen LogP contribution in [0.25, 0.3) is 11.4 Å². The number of anilines is 1. The third-order valence-electron chi connectivity index (χ3n) is 5.05. The smallest absolute Gasteiger partial charge is 0.338 e. The molecule has 9 heteroatoms. The van der Waals surface area contributed by atoms with Gasteiger partial charge in [0.15, 0.2) is 6.61 Å². The standard InChI is InChI=1S/C24H14ClN3O5/c25-16-9-5-14(6-10-16)21-26-20(33-27-21)13-32-24(31)15-7-11-17(12-8-15)28-22(29)18-3-1-2-4-19(18)23(28)30/h1-12H,13H2. The van der Waals surface area contributed by atoms with Gasteiger partial charge >= 0.3 is 5.97 Å². The maximum atomic E-state index is 12.6. The molecule has 33 heavy (non-hydrogen) atoms. The van der Waals surface area contributed by atoms with Crippen molar-refractivity contribution in [2.45, 2.75) is 6.61 Å². The van der Waals surface area contributed by atoms with E-state index in [0.717, 1.165) is 4.90 Å². The lowest BCUT2D eigenvalue weighted by Gasteiger charge is -2.14. The minimum atomic E-state index is -0.616. The Hall–Kier alpha value is -4.30. The van der Waals surface area contributed by atoms with Crippen molar-refractivity contribution < 1.29 is 23.6 Å². The van der Waals surface area contributed by atoms with Crippen molar-refractivity contribution in [1.29, 1.82) is 0 Å². The minimum Gasteiger partial charge on any atom is -0.452 e. The van der Waals surface area contributed by atoms with Crippen LogP contribution in [-0.2, 0) is 11.3 Å². The summed E-state index contributed by atoms with van der Waals surface area (Å²) in [5.74, 6) is -0.938. The van der Waals surface area contributed by atoms with Crippen molar-refractivity contribution >= 4 is 35.1 Å². The van der Waals surface area contributed by atoms with Gasteiger partial charge in [0.25, 0.3) is 17.7 Å². The van der Waals surface area contributed by atoms with Gasteiger partial charge in [-0.2, -0.15) is 4.98 Å². The minimum absolute atomic E-state index is 0.135. The highest BCUT2D eigenvalue weighted by Gasteiger charge is 2.36. The molecule has 0 aliphatic carbocycles. The van der Waals surface area contributed by atoms with Crippen LogP contribution in [0.3, 0.4) is 0 Å². The van der Waals surface area contributed by atoms with E-state index >= 15 is 0 Å². The molecule has 0 fully saturated rings. The van der Waals surface area contributed by atoms with Gasteiger partial charge in [0.05, 0.1) is 22.4 Å². The van der Waals surface area contributed by atoms with Gasteiger partial charge in [-0.05, 0) is 60.7 Å². The molecule has 2 amide bonds. The van der Waals surface area contributed by atoms with Gasteiger partial charge in [-0.25, -0.2) is 9.69 Å². The van der Waals surface area contributed by atoms with Crippen LogP contribution in [0.5, 0.6) is 0 Å². The van der Waals surface area contributed by atoms with Gasteiger partial charge in [-0.15, -0.1) is 0 Å². The van der Waals surface area contributed by atoms with E-state index in [9.17, 15) is 14.4 Å². The topological polar surface area (TPSA) is 103 Å². The van der Waals surface area contributed by atoms with Crippen molar-refractivity contribution in [3.63, 3.8) is 0 Å². The summed E-state index contributed by atoms with van der Waals surface area (Å²) >= 11 is 5.87. The summed E-state index contributed by atoms with van der Waals surface area (Å²) in [5, 5.41) is 4.45. The molecule has 0 saturated heterocycles. The Morgan fingerprint density at radius 2 is 1.55 bits per heavy atom. The fourth-order valence-electron chi connectivity index (χ4n) is 3.41. The van der Waals surface area contributed by atoms with E-state index in [2.05, 4.69) is 10.1 Å². The molecule has 0 spiro atoms. The second-order valence-electron chi connectivity index (χ2n) is 7.13. The van der Waals surface area contributed by atoms with Crippen molar-refractivity contribution in [3.8, 4) is 11.4 Å². The predicted molar refractivity (Wildman–Crippen MR) is 118 cm³/mol. The summed E-state index contributed by atoms with van der Waals surface area (Å²) in [7, 11) is 0. The molecule has 1 aromatic heterocycles. The average Bonchev–Trinajstić information content (AvgIpc) is 3.41. The number of fused-ring (bicyclic) bond motifs is 1. The molecule has 0 bridgehead atoms. The van der Waals surface area contributed by atoms with Gasteiger partial charge in [-0.3, -0.25) is 9.59 Å². The third-order valence-corrected chi connectivity index (χ3v) is 5.30. The van der Waals surface area contributed by atoms with Crippen LogP contribution in [-0.4, -0.2) is 27.9 Å². The molecule has 2 heterocycles. The van der Waals surface area contributed by atoms with E-state index in [4.69, 9.17) is 20.9 Å². The summed E-state index contributed by atoms with van der Waals surface area (Å²) in [5.41, 5.74) is 2.02. The first-order valence-corrected chi connectivity index (χ1v) is 10.2. The van der Waals surface area contributed by atoms with Crippen LogP contribution >= 0.6 is 11.6 Å². The molecule has 0 saturated carbocycles. The Morgan fingerprint density at radius 1 is 0.909 bits per heavy atom. The molecule has 0 unspecified atom stereocenters. The number of carbonyl (C=O) groups is 3. The summed E-state index contributed by atoms with van der Waals surface area (Å²) in [6, 6.07) is 19.5. The normalized spacial score (nSPS) is 12.7. The van der Waals surface area contributed by atoms with Crippen LogP contribution in [0.2, 0.25) is 5.02 Å². The summed E-state index contributed by atoms with van der Waals surface area (Å²) in [4.78, 5) is 42.9. The first-order chi connectivity index (χ1) is 16.0. The molecule has 4 aromatic rings. The Balaban J connectivity index is 1.24. The number of halogens is 1. The number of benzene rings is 3. The van der Waals surface area contributed by atoms with Crippen molar-refractivity contribution in [3.05, 3.63) is 100 Å². The van der Waals surface area contributed by atoms with Crippen molar-refractivity contribution in [2.24, 2.45) is 0 Å². The lowest BCUT2D eigenvalue weighted by atomic mass is 10.1. The number of nitrogens with zero attached hydrogens (tertiary/aromatic N) is 3. The number of amides is 2. The van der Waals surface area contributed by atoms with Crippen LogP contribution in [0.4, 0.5) is 5.69 Å². The quantitative estimate of drug-likeness (QED) is 0.318. The first-order valence-electron chi connectivity index (χ1n) is 9.85. The monoisotopic (exact) mass is 459 g/mol. The third kappa shape index (κ3) is 3.88. The molecular weight excluding hydrogens is 446 g/mol. The average molecular weight is 460 g/mol. The Bertz CT molecular complexity index is 1340. The lowest BCUT2D eigenvalue weighted by molar-refractivity contribution is 0.0429. The molecule has 1 aliphatic heterocycles. The molecule has 0 radical (unpaired) electrons. The maximum absolute atomic E-state index is 12.6. The van der Waals surface area contributed by atoms with Gasteiger partial charge in [0, 0.05) is 10.6 Å². The van der Waals surface area contributed by atoms with Crippen LogP contribution in [0.1, 0.15) is 37.0 Å². The molecule has 3 aromatic carbocycles. The highest BCUT2D eigenvalue weighted by atomic mass is 35.5. The predicted octanol–water partition coefficient (Wildman–Crippen LogP) is 4.55. The number of hydrogen-bond acceptors (Lipinski definition) is 7. The second kappa shape index (κ2) is 8.33. The number of esters is 1. The van der Waals surface area contributed by atoms with Crippen molar-refractivity contribution in [2.75, 3.05) is 4.90 Å². The van der Waals surface area contributed by atoms with E-state index in [1.807, 2.05) is 0 Å². The molecule has 1 aliphatic rings. The van der Waals surface area contributed by atoms with Crippen LogP contribution in [0, 0.1) is 0 Å². The Labute approximate surface area is 192 Å². The van der Waals surface area contributed by atoms with E-state index < -0.39 is 17.8 Å². The SMILES string of the molecule is O=C(OCc1nc(-c2ccc(Cl)cc2)no1)c1ccc(N2C(=O)c3ccccc3C2=O)cc1. The summed E-state index contributed by atoms with van der Waals surface area (Å²) in [6.07, 6.45) is 0. The lowest BCUT2D eigenvalue weighted by Crippen LogP contribution is -2.29. The summed E-state index contributed by atoms with van der Waals surface area (Å²) in [6.45, 7) is -0.209. The van der Waals surface area contributed by atoms with Gasteiger partial charge in [-0.1, -0.05) is 28.9 Å². The number of hydrogen-bond donors (Lipinski definition) is 0. The van der Waals surface area contributed by atoms with E-state index in [1.54, 1.807) is 48.5 Å². The largest absolute Gasteiger partial charge is 0.452 e. The Kier molecular flexibility index (Phi) is 5.20. The molecule has 5 rings (SSSR count). The maximum Gasteiger partial charge on any atom is 0.338 e. The summed E-state index contributed by atoms with van der Waals surface area (Å²) < 4.78 is 10.4. The second-order valence-corrected chi connectivity index (χ2v) is 7.57. The van der Waals surface area contributed by atoms with E-state index in [0.29, 0.717) is 33.2 Å². The van der Waals surface area contributed by atoms with E-state index in [-0.39, 0.29) is 18.1 Å². The highest BCUT2D eigenvalue weighted by Crippen LogP contribution is 2.28. The number of rotatable bonds is 5. The number of imide groups is 1. The zero-order valence-corrected chi connectivity index (χ0v) is 17.7. The zero-order valence-electron chi connectivity index (χ0n) is 16.9. The van der Waals surface area contributed by atoms with Gasteiger partial charge in [0.1, 0.15) is 0 Å². The molecule has 0 atom stereocenters. The number of ether oxygens (including phenoxy) is 1. The fraction of sp³-hybridized carbons (Fsp3) is 0.0417. The fourth-order valence-corrected chi connectivity index (χ4v) is 3.54. The molecule has 162 valence electrons. The van der Waals surface area contributed by atoms with E-state index in [1.165, 1.54) is 24.3 Å². The van der Waals surface area contributed by atoms with Gasteiger partial charge < -0.3 is 9.26 Å². The van der Waals surface area contributed by atoms with Crippen LogP contribution < -0.4 is 4.90 Å². The number of aromatic nitrogens is 2. The highest BCUT2D eigenvalue weighted by molar-refractivity contribution is 6.34. The first kappa shape index (κ1) is 20.6.